The van der Waals surface area contributed by atoms with Crippen LogP contribution in [0, 0.1) is 0 Å². The molecule has 0 spiro atoms. The van der Waals surface area contributed by atoms with Gasteiger partial charge in [-0.15, -0.1) is 0 Å². The molecule has 1 aromatic carbocycles. The lowest BCUT2D eigenvalue weighted by atomic mass is 10.1. The minimum atomic E-state index is -4.55. The Kier molecular flexibility index (Phi) is 4.76. The van der Waals surface area contributed by atoms with Crippen molar-refractivity contribution in [2.45, 2.75) is 25.1 Å². The SMILES string of the molecule is Nc1nc2cnc(NC3CCOCC3)nc2n1-c1cc(Cl)cc(C(F)(F)F)c1. The van der Waals surface area contributed by atoms with Crippen molar-refractivity contribution in [3.8, 4) is 5.69 Å². The standard InChI is InChI=1S/C17H16ClF3N6O/c18-10-5-9(17(19,20)21)6-12(7-10)27-14-13(25-15(27)22)8-23-16(26-14)24-11-1-3-28-4-2-11/h5-8,11H,1-4H2,(H2,22,25)(H,23,24,26). The van der Waals surface area contributed by atoms with Crippen LogP contribution in [0.25, 0.3) is 16.9 Å². The third-order valence-electron chi connectivity index (χ3n) is 4.45. The van der Waals surface area contributed by atoms with Gasteiger partial charge in [0.2, 0.25) is 11.9 Å². The van der Waals surface area contributed by atoms with Gasteiger partial charge in [-0.05, 0) is 31.0 Å². The topological polar surface area (TPSA) is 90.9 Å². The zero-order chi connectivity index (χ0) is 19.9. The number of fused-ring (bicyclic) bond motifs is 1. The number of ether oxygens (including phenoxy) is 1. The molecule has 1 saturated heterocycles. The number of nitrogens with two attached hydrogens (primary N) is 1. The Labute approximate surface area is 162 Å². The molecule has 0 saturated carbocycles. The third kappa shape index (κ3) is 3.69. The van der Waals surface area contributed by atoms with Gasteiger partial charge in [-0.25, -0.2) is 9.97 Å². The molecule has 3 N–H and O–H groups in total. The molecular formula is C17H16ClF3N6O. The number of nitrogen functional groups attached to an aromatic ring is 1. The molecule has 11 heteroatoms. The fourth-order valence-electron chi connectivity index (χ4n) is 3.11. The highest BCUT2D eigenvalue weighted by Gasteiger charge is 2.31. The van der Waals surface area contributed by atoms with Crippen LogP contribution in [-0.4, -0.2) is 38.8 Å². The monoisotopic (exact) mass is 412 g/mol. The number of anilines is 2. The Morgan fingerprint density at radius 2 is 1.93 bits per heavy atom. The number of benzene rings is 1. The molecule has 0 atom stereocenters. The Bertz CT molecular complexity index is 1020. The maximum absolute atomic E-state index is 13.2. The first kappa shape index (κ1) is 18.8. The van der Waals surface area contributed by atoms with E-state index in [0.29, 0.717) is 24.7 Å². The fourth-order valence-corrected chi connectivity index (χ4v) is 3.34. The van der Waals surface area contributed by atoms with Gasteiger partial charge in [0.25, 0.3) is 0 Å². The van der Waals surface area contributed by atoms with E-state index in [9.17, 15) is 13.2 Å². The number of alkyl halides is 3. The molecule has 0 aliphatic carbocycles. The van der Waals surface area contributed by atoms with E-state index in [2.05, 4.69) is 20.3 Å². The molecule has 0 bridgehead atoms. The molecule has 28 heavy (non-hydrogen) atoms. The first-order valence-electron chi connectivity index (χ1n) is 8.54. The molecule has 0 radical (unpaired) electrons. The first-order valence-corrected chi connectivity index (χ1v) is 8.92. The number of nitrogens with zero attached hydrogens (tertiary/aromatic N) is 4. The van der Waals surface area contributed by atoms with Crippen molar-refractivity contribution in [3.05, 3.63) is 35.0 Å². The molecule has 7 nitrogen and oxygen atoms in total. The van der Waals surface area contributed by atoms with E-state index < -0.39 is 11.7 Å². The molecule has 1 aliphatic rings. The van der Waals surface area contributed by atoms with Gasteiger partial charge in [0.15, 0.2) is 5.65 Å². The van der Waals surface area contributed by atoms with Crippen molar-refractivity contribution in [2.75, 3.05) is 24.3 Å². The van der Waals surface area contributed by atoms with Crippen LogP contribution >= 0.6 is 11.6 Å². The number of hydrogen-bond donors (Lipinski definition) is 2. The highest BCUT2D eigenvalue weighted by molar-refractivity contribution is 6.30. The number of hydrogen-bond acceptors (Lipinski definition) is 6. The van der Waals surface area contributed by atoms with E-state index in [1.54, 1.807) is 0 Å². The molecule has 2 aromatic heterocycles. The maximum atomic E-state index is 13.2. The van der Waals surface area contributed by atoms with Crippen LogP contribution in [-0.2, 0) is 10.9 Å². The molecule has 4 rings (SSSR count). The van der Waals surface area contributed by atoms with E-state index in [0.717, 1.165) is 25.0 Å². The average molecular weight is 413 g/mol. The number of rotatable bonds is 3. The van der Waals surface area contributed by atoms with Crippen LogP contribution in [0.2, 0.25) is 5.02 Å². The smallest absolute Gasteiger partial charge is 0.381 e. The molecule has 0 unspecified atom stereocenters. The molecule has 148 valence electrons. The molecule has 1 aliphatic heterocycles. The van der Waals surface area contributed by atoms with Gasteiger partial charge in [0.05, 0.1) is 17.4 Å². The summed E-state index contributed by atoms with van der Waals surface area (Å²) in [5.41, 5.74) is 5.84. The third-order valence-corrected chi connectivity index (χ3v) is 4.67. The number of nitrogens with one attached hydrogen (secondary N) is 1. The Hall–Kier alpha value is -2.59. The Balaban J connectivity index is 1.77. The van der Waals surface area contributed by atoms with E-state index in [1.165, 1.54) is 16.8 Å². The lowest BCUT2D eigenvalue weighted by Gasteiger charge is -2.22. The largest absolute Gasteiger partial charge is 0.416 e. The minimum Gasteiger partial charge on any atom is -0.381 e. The molecule has 0 amide bonds. The fraction of sp³-hybridized carbons (Fsp3) is 0.353. The summed E-state index contributed by atoms with van der Waals surface area (Å²) in [6.45, 7) is 1.29. The summed E-state index contributed by atoms with van der Waals surface area (Å²) < 4.78 is 46.2. The molecule has 3 heterocycles. The van der Waals surface area contributed by atoms with Gasteiger partial charge in [-0.2, -0.15) is 18.2 Å². The van der Waals surface area contributed by atoms with Crippen LogP contribution in [0.3, 0.4) is 0 Å². The van der Waals surface area contributed by atoms with E-state index >= 15 is 0 Å². The summed E-state index contributed by atoms with van der Waals surface area (Å²) in [5, 5.41) is 3.15. The average Bonchev–Trinajstić information content (AvgIpc) is 2.96. The minimum absolute atomic E-state index is 0.0112. The van der Waals surface area contributed by atoms with E-state index in [-0.39, 0.29) is 28.3 Å². The van der Waals surface area contributed by atoms with Gasteiger partial charge < -0.3 is 15.8 Å². The van der Waals surface area contributed by atoms with Crippen LogP contribution in [0.1, 0.15) is 18.4 Å². The van der Waals surface area contributed by atoms with Crippen molar-refractivity contribution in [1.29, 1.82) is 0 Å². The van der Waals surface area contributed by atoms with Gasteiger partial charge in [0, 0.05) is 24.3 Å². The van der Waals surface area contributed by atoms with Crippen molar-refractivity contribution in [1.82, 2.24) is 19.5 Å². The lowest BCUT2D eigenvalue weighted by molar-refractivity contribution is -0.137. The summed E-state index contributed by atoms with van der Waals surface area (Å²) in [6, 6.07) is 3.34. The van der Waals surface area contributed by atoms with Gasteiger partial charge in [-0.3, -0.25) is 4.57 Å². The predicted molar refractivity (Wildman–Crippen MR) is 98.5 cm³/mol. The Morgan fingerprint density at radius 1 is 1.18 bits per heavy atom. The number of imidazole rings is 1. The second kappa shape index (κ2) is 7.10. The van der Waals surface area contributed by atoms with Crippen molar-refractivity contribution >= 4 is 34.7 Å². The normalized spacial score (nSPS) is 15.9. The van der Waals surface area contributed by atoms with Crippen LogP contribution in [0.15, 0.2) is 24.4 Å². The van der Waals surface area contributed by atoms with E-state index in [1.807, 2.05) is 0 Å². The number of aromatic nitrogens is 4. The first-order chi connectivity index (χ1) is 13.3. The summed E-state index contributed by atoms with van der Waals surface area (Å²) in [6.07, 6.45) is -1.44. The second-order valence-corrected chi connectivity index (χ2v) is 6.87. The second-order valence-electron chi connectivity index (χ2n) is 6.43. The molecule has 1 fully saturated rings. The highest BCUT2D eigenvalue weighted by atomic mass is 35.5. The summed E-state index contributed by atoms with van der Waals surface area (Å²) in [4.78, 5) is 12.8. The summed E-state index contributed by atoms with van der Waals surface area (Å²) >= 11 is 5.91. The summed E-state index contributed by atoms with van der Waals surface area (Å²) in [7, 11) is 0. The van der Waals surface area contributed by atoms with Gasteiger partial charge in [-0.1, -0.05) is 11.6 Å². The molecular weight excluding hydrogens is 397 g/mol. The van der Waals surface area contributed by atoms with Crippen LogP contribution in [0.4, 0.5) is 25.1 Å². The van der Waals surface area contributed by atoms with Crippen molar-refractivity contribution in [2.24, 2.45) is 0 Å². The van der Waals surface area contributed by atoms with Crippen molar-refractivity contribution in [3.63, 3.8) is 0 Å². The molecule has 3 aromatic rings. The van der Waals surface area contributed by atoms with E-state index in [4.69, 9.17) is 22.1 Å². The van der Waals surface area contributed by atoms with Gasteiger partial charge in [0.1, 0.15) is 5.52 Å². The quantitative estimate of drug-likeness (QED) is 0.682. The number of halogens is 4. The van der Waals surface area contributed by atoms with Crippen LogP contribution in [0.5, 0.6) is 0 Å². The predicted octanol–water partition coefficient (Wildman–Crippen LogP) is 3.66. The summed E-state index contributed by atoms with van der Waals surface area (Å²) in [5.74, 6) is 0.335. The van der Waals surface area contributed by atoms with Crippen LogP contribution < -0.4 is 11.1 Å². The lowest BCUT2D eigenvalue weighted by Crippen LogP contribution is -2.28. The van der Waals surface area contributed by atoms with Crippen molar-refractivity contribution < 1.29 is 17.9 Å². The zero-order valence-electron chi connectivity index (χ0n) is 14.5. The Morgan fingerprint density at radius 3 is 2.64 bits per heavy atom. The maximum Gasteiger partial charge on any atom is 0.416 e. The van der Waals surface area contributed by atoms with Gasteiger partial charge >= 0.3 is 6.18 Å². The highest BCUT2D eigenvalue weighted by Crippen LogP contribution is 2.34. The zero-order valence-corrected chi connectivity index (χ0v) is 15.3.